The van der Waals surface area contributed by atoms with E-state index < -0.39 is 20.2 Å². The number of hydrogen-bond donors (Lipinski definition) is 0. The van der Waals surface area contributed by atoms with Gasteiger partial charge >= 0.3 is 5.97 Å². The summed E-state index contributed by atoms with van der Waals surface area (Å²) in [6.45, 7) is 18.5. The van der Waals surface area contributed by atoms with E-state index in [0.717, 1.165) is 43.0 Å². The predicted octanol–water partition coefficient (Wildman–Crippen LogP) is 8.29. The number of carbonyl (C=O) groups excluding carboxylic acids is 1. The number of ether oxygens (including phenoxy) is 4. The fraction of sp³-hybridized carbons (Fsp3) is 0.800. The Hall–Kier alpha value is -1.25. The Morgan fingerprint density at radius 1 is 1.00 bits per heavy atom. The van der Waals surface area contributed by atoms with Crippen LogP contribution >= 0.6 is 0 Å². The van der Waals surface area contributed by atoms with E-state index in [1.54, 1.807) is 0 Å². The molecular formula is C35H58O6Si. The highest BCUT2D eigenvalue weighted by Gasteiger charge is 2.57. The van der Waals surface area contributed by atoms with Crippen molar-refractivity contribution in [3.05, 3.63) is 35.9 Å². The quantitative estimate of drug-likeness (QED) is 0.167. The third-order valence-corrected chi connectivity index (χ3v) is 15.3. The zero-order valence-corrected chi connectivity index (χ0v) is 28.6. The van der Waals surface area contributed by atoms with Crippen molar-refractivity contribution < 1.29 is 28.2 Å². The van der Waals surface area contributed by atoms with Crippen molar-refractivity contribution in [1.29, 1.82) is 0 Å². The zero-order valence-electron chi connectivity index (χ0n) is 27.6. The highest BCUT2D eigenvalue weighted by Crippen LogP contribution is 2.50. The minimum absolute atomic E-state index is 0.0175. The summed E-state index contributed by atoms with van der Waals surface area (Å²) < 4.78 is 33.4. The number of esters is 1. The maximum Gasteiger partial charge on any atom is 0.308 e. The van der Waals surface area contributed by atoms with Crippen LogP contribution in [0.5, 0.6) is 0 Å². The van der Waals surface area contributed by atoms with Crippen LogP contribution in [-0.4, -0.2) is 50.6 Å². The van der Waals surface area contributed by atoms with Crippen molar-refractivity contribution in [2.45, 2.75) is 155 Å². The molecule has 0 aromatic heterocycles. The van der Waals surface area contributed by atoms with Crippen molar-refractivity contribution in [3.8, 4) is 0 Å². The first-order chi connectivity index (χ1) is 20.1. The minimum Gasteiger partial charge on any atom is -0.461 e. The van der Waals surface area contributed by atoms with E-state index in [4.69, 9.17) is 23.4 Å². The van der Waals surface area contributed by atoms with Gasteiger partial charge in [-0.1, -0.05) is 92.1 Å². The van der Waals surface area contributed by atoms with E-state index in [1.165, 1.54) is 12.8 Å². The van der Waals surface area contributed by atoms with Gasteiger partial charge in [0.25, 0.3) is 0 Å². The SMILES string of the molecule is CC[C@H](C)C[C@H](C)[C@@H]1C[C@@H]2O[C@]3(C[C@H](C)C(O[Si](CC)(CC)CC)[C@H](CC(=O)OCc4ccccc4)O3)C[C@H](C)[C@@H]2O1. The summed E-state index contributed by atoms with van der Waals surface area (Å²) in [7, 11) is -1.94. The standard InChI is InChI=1S/C35H58O6Si/c1-9-24(5)18-25(6)29-19-30-33(38-29)26(7)21-35(39-30)22-27(8)34(41-42(10-2,11-3)12-4)31(40-35)20-32(36)37-23-28-16-14-13-15-17-28/h13-17,24-27,29-31,33-34H,9-12,18-23H2,1-8H3/t24-,25-,26-,27-,29-,30-,31-,33-,34?,35+/m0/s1. The molecule has 42 heavy (non-hydrogen) atoms. The summed E-state index contributed by atoms with van der Waals surface area (Å²) >= 11 is 0. The van der Waals surface area contributed by atoms with Crippen molar-refractivity contribution >= 4 is 14.3 Å². The lowest BCUT2D eigenvalue weighted by Gasteiger charge is -2.53. The van der Waals surface area contributed by atoms with Crippen LogP contribution in [0.4, 0.5) is 0 Å². The number of carbonyl (C=O) groups is 1. The molecule has 4 rings (SSSR count). The lowest BCUT2D eigenvalue weighted by molar-refractivity contribution is -0.351. The molecule has 3 saturated heterocycles. The maximum atomic E-state index is 13.3. The summed E-state index contributed by atoms with van der Waals surface area (Å²) in [5.74, 6) is 0.746. The van der Waals surface area contributed by atoms with Gasteiger partial charge in [0.1, 0.15) is 6.61 Å². The summed E-state index contributed by atoms with van der Waals surface area (Å²) in [6, 6.07) is 13.0. The third kappa shape index (κ3) is 7.87. The number of hydrogen-bond acceptors (Lipinski definition) is 6. The second-order valence-corrected chi connectivity index (χ2v) is 18.6. The van der Waals surface area contributed by atoms with Gasteiger partial charge in [0.15, 0.2) is 14.1 Å². The van der Waals surface area contributed by atoms with E-state index in [1.807, 2.05) is 30.3 Å². The molecule has 10 atom stereocenters. The lowest BCUT2D eigenvalue weighted by Crippen LogP contribution is -2.61. The summed E-state index contributed by atoms with van der Waals surface area (Å²) in [5, 5.41) is 0. The molecule has 238 valence electrons. The smallest absolute Gasteiger partial charge is 0.308 e. The molecule has 6 nitrogen and oxygen atoms in total. The summed E-state index contributed by atoms with van der Waals surface area (Å²) in [4.78, 5) is 13.3. The zero-order chi connectivity index (χ0) is 30.5. The molecule has 3 aliphatic rings. The average molecular weight is 603 g/mol. The normalized spacial score (nSPS) is 34.6. The van der Waals surface area contributed by atoms with E-state index >= 15 is 0 Å². The molecule has 0 aliphatic carbocycles. The van der Waals surface area contributed by atoms with Crippen LogP contribution in [-0.2, 0) is 34.8 Å². The van der Waals surface area contributed by atoms with Crippen LogP contribution < -0.4 is 0 Å². The fourth-order valence-electron chi connectivity index (χ4n) is 7.75. The third-order valence-electron chi connectivity index (χ3n) is 10.7. The second kappa shape index (κ2) is 14.7. The molecule has 0 N–H and O–H groups in total. The average Bonchev–Trinajstić information content (AvgIpc) is 3.41. The molecule has 1 aromatic carbocycles. The van der Waals surface area contributed by atoms with Gasteiger partial charge < -0.3 is 23.4 Å². The Kier molecular flexibility index (Phi) is 11.8. The Morgan fingerprint density at radius 3 is 2.31 bits per heavy atom. The molecule has 0 amide bonds. The van der Waals surface area contributed by atoms with Gasteiger partial charge in [0.05, 0.1) is 36.9 Å². The maximum absolute atomic E-state index is 13.3. The monoisotopic (exact) mass is 602 g/mol. The first-order valence-electron chi connectivity index (χ1n) is 16.9. The highest BCUT2D eigenvalue weighted by molar-refractivity contribution is 6.73. The fourth-order valence-corrected chi connectivity index (χ4v) is 10.7. The number of benzene rings is 1. The van der Waals surface area contributed by atoms with Gasteiger partial charge in [-0.3, -0.25) is 4.79 Å². The molecule has 3 fully saturated rings. The minimum atomic E-state index is -1.94. The van der Waals surface area contributed by atoms with Crippen LogP contribution in [0.1, 0.15) is 99.5 Å². The van der Waals surface area contributed by atoms with Gasteiger partial charge in [-0.25, -0.2) is 0 Å². The van der Waals surface area contributed by atoms with E-state index in [0.29, 0.717) is 17.8 Å². The Labute approximate surface area is 256 Å². The van der Waals surface area contributed by atoms with E-state index in [2.05, 4.69) is 55.4 Å². The second-order valence-electron chi connectivity index (χ2n) is 13.9. The van der Waals surface area contributed by atoms with Crippen molar-refractivity contribution in [3.63, 3.8) is 0 Å². The molecule has 0 radical (unpaired) electrons. The van der Waals surface area contributed by atoms with Gasteiger partial charge in [-0.2, -0.15) is 0 Å². The molecule has 1 aromatic rings. The number of fused-ring (bicyclic) bond motifs is 1. The van der Waals surface area contributed by atoms with Gasteiger partial charge in [0, 0.05) is 19.3 Å². The predicted molar refractivity (Wildman–Crippen MR) is 169 cm³/mol. The molecule has 7 heteroatoms. The van der Waals surface area contributed by atoms with Crippen molar-refractivity contribution in [2.75, 3.05) is 0 Å². The Morgan fingerprint density at radius 2 is 1.67 bits per heavy atom. The van der Waals surface area contributed by atoms with Gasteiger partial charge in [0.2, 0.25) is 0 Å². The van der Waals surface area contributed by atoms with E-state index in [-0.39, 0.29) is 49.3 Å². The molecule has 3 aliphatic heterocycles. The van der Waals surface area contributed by atoms with Crippen LogP contribution in [0, 0.1) is 23.7 Å². The van der Waals surface area contributed by atoms with E-state index in [9.17, 15) is 4.79 Å². The molecule has 3 heterocycles. The van der Waals surface area contributed by atoms with Gasteiger partial charge in [-0.15, -0.1) is 0 Å². The Balaban J connectivity index is 1.51. The van der Waals surface area contributed by atoms with Crippen LogP contribution in [0.25, 0.3) is 0 Å². The van der Waals surface area contributed by atoms with Gasteiger partial charge in [-0.05, 0) is 53.8 Å². The summed E-state index contributed by atoms with van der Waals surface area (Å²) in [5.41, 5.74) is 0.983. The summed E-state index contributed by atoms with van der Waals surface area (Å²) in [6.07, 6.45) is 4.78. The molecule has 1 unspecified atom stereocenters. The lowest BCUT2D eigenvalue weighted by atomic mass is 9.79. The van der Waals surface area contributed by atoms with Crippen molar-refractivity contribution in [1.82, 2.24) is 0 Å². The van der Waals surface area contributed by atoms with Crippen LogP contribution in [0.15, 0.2) is 30.3 Å². The van der Waals surface area contributed by atoms with Crippen molar-refractivity contribution in [2.24, 2.45) is 23.7 Å². The largest absolute Gasteiger partial charge is 0.461 e. The first kappa shape index (κ1) is 33.6. The van der Waals surface area contributed by atoms with Crippen LogP contribution in [0.2, 0.25) is 18.1 Å². The molecular weight excluding hydrogens is 544 g/mol. The first-order valence-corrected chi connectivity index (χ1v) is 19.5. The highest BCUT2D eigenvalue weighted by atomic mass is 28.4. The van der Waals surface area contributed by atoms with Crippen LogP contribution in [0.3, 0.4) is 0 Å². The Bertz CT molecular complexity index is 977. The molecule has 0 bridgehead atoms. The molecule has 1 spiro atoms. The number of rotatable bonds is 13. The molecule has 0 saturated carbocycles. The topological polar surface area (TPSA) is 63.2 Å².